The zero-order valence-electron chi connectivity index (χ0n) is 16.9. The van der Waals surface area contributed by atoms with Crippen molar-refractivity contribution < 1.29 is 4.79 Å². The molecule has 0 N–H and O–H groups in total. The predicted octanol–water partition coefficient (Wildman–Crippen LogP) is 2.19. The van der Waals surface area contributed by atoms with Crippen LogP contribution in [-0.4, -0.2) is 63.2 Å². The number of benzene rings is 1. The zero-order valence-corrected chi connectivity index (χ0v) is 17.7. The van der Waals surface area contributed by atoms with Gasteiger partial charge in [-0.3, -0.25) is 14.5 Å². The Hall–Kier alpha value is -2.58. The van der Waals surface area contributed by atoms with Gasteiger partial charge in [0.2, 0.25) is 0 Å². The fourth-order valence-electron chi connectivity index (χ4n) is 4.27. The summed E-state index contributed by atoms with van der Waals surface area (Å²) in [4.78, 5) is 33.9. The van der Waals surface area contributed by atoms with Crippen LogP contribution in [0.15, 0.2) is 35.1 Å². The summed E-state index contributed by atoms with van der Waals surface area (Å²) in [7, 11) is 0. The van der Waals surface area contributed by atoms with E-state index in [0.29, 0.717) is 24.6 Å². The van der Waals surface area contributed by atoms with E-state index < -0.39 is 0 Å². The number of aryl methyl sites for hydroxylation is 2. The largest absolute Gasteiger partial charge is 0.334 e. The molecule has 7 nitrogen and oxygen atoms in total. The van der Waals surface area contributed by atoms with E-state index in [1.54, 1.807) is 10.7 Å². The minimum absolute atomic E-state index is 0.000277. The fourth-order valence-corrected chi connectivity index (χ4v) is 5.20. The van der Waals surface area contributed by atoms with Crippen molar-refractivity contribution >= 4 is 27.5 Å². The molecule has 3 heterocycles. The third-order valence-corrected chi connectivity index (χ3v) is 7.06. The number of thiazole rings is 1. The summed E-state index contributed by atoms with van der Waals surface area (Å²) >= 11 is 1.46. The number of rotatable bonds is 4. The number of piperazine rings is 1. The Morgan fingerprint density at radius 2 is 1.83 bits per heavy atom. The summed E-state index contributed by atoms with van der Waals surface area (Å²) in [5.41, 5.74) is 3.10. The van der Waals surface area contributed by atoms with E-state index in [1.165, 1.54) is 11.3 Å². The molecule has 0 unspecified atom stereocenters. The molecule has 3 aromatic rings. The van der Waals surface area contributed by atoms with Crippen molar-refractivity contribution in [1.29, 1.82) is 0 Å². The Labute approximate surface area is 178 Å². The van der Waals surface area contributed by atoms with Gasteiger partial charge in [0.25, 0.3) is 11.5 Å². The normalized spacial score (nSPS) is 17.3. The lowest BCUT2D eigenvalue weighted by Gasteiger charge is -2.34. The molecule has 30 heavy (non-hydrogen) atoms. The van der Waals surface area contributed by atoms with E-state index in [4.69, 9.17) is 0 Å². The highest BCUT2D eigenvalue weighted by atomic mass is 32.1. The minimum atomic E-state index is 0.000277. The second-order valence-corrected chi connectivity index (χ2v) is 9.04. The second kappa shape index (κ2) is 8.28. The maximum absolute atomic E-state index is 12.8. The Morgan fingerprint density at radius 3 is 2.67 bits per heavy atom. The molecular weight excluding hydrogens is 398 g/mol. The number of para-hydroxylation sites is 1. The van der Waals surface area contributed by atoms with Gasteiger partial charge in [0, 0.05) is 38.8 Å². The van der Waals surface area contributed by atoms with E-state index >= 15 is 0 Å². The number of hydrogen-bond donors (Lipinski definition) is 0. The minimum Gasteiger partial charge on any atom is -0.334 e. The molecule has 2 aromatic heterocycles. The lowest BCUT2D eigenvalue weighted by molar-refractivity contribution is 0.0631. The van der Waals surface area contributed by atoms with E-state index in [9.17, 15) is 9.59 Å². The van der Waals surface area contributed by atoms with E-state index in [1.807, 2.05) is 29.2 Å². The fraction of sp³-hybridized carbons (Fsp3) is 0.455. The number of carbonyl (C=O) groups excluding carboxylic acids is 1. The van der Waals surface area contributed by atoms with Crippen molar-refractivity contribution in [1.82, 2.24) is 24.6 Å². The van der Waals surface area contributed by atoms with Gasteiger partial charge < -0.3 is 4.90 Å². The molecule has 1 amide bonds. The van der Waals surface area contributed by atoms with Gasteiger partial charge in [-0.1, -0.05) is 12.1 Å². The van der Waals surface area contributed by atoms with Crippen molar-refractivity contribution in [2.45, 2.75) is 32.2 Å². The molecule has 8 heteroatoms. The van der Waals surface area contributed by atoms with Crippen LogP contribution >= 0.6 is 11.3 Å². The molecule has 5 rings (SSSR count). The third-order valence-electron chi connectivity index (χ3n) is 6.04. The van der Waals surface area contributed by atoms with Crippen LogP contribution in [-0.2, 0) is 19.4 Å². The predicted molar refractivity (Wildman–Crippen MR) is 117 cm³/mol. The van der Waals surface area contributed by atoms with Gasteiger partial charge in [-0.25, -0.2) is 9.67 Å². The molecule has 156 valence electrons. The summed E-state index contributed by atoms with van der Waals surface area (Å²) in [6.07, 6.45) is 4.26. The average Bonchev–Trinajstić information content (AvgIpc) is 3.22. The number of carbonyl (C=O) groups is 1. The van der Waals surface area contributed by atoms with Crippen molar-refractivity contribution in [2.75, 3.05) is 32.7 Å². The molecule has 2 aliphatic rings. The number of aromatic nitrogens is 3. The molecule has 1 saturated heterocycles. The first-order valence-electron chi connectivity index (χ1n) is 10.6. The highest BCUT2D eigenvalue weighted by Crippen LogP contribution is 2.23. The molecular formula is C22H25N5O2S. The molecule has 1 fully saturated rings. The van der Waals surface area contributed by atoms with Crippen molar-refractivity contribution in [3.8, 4) is 0 Å². The van der Waals surface area contributed by atoms with Crippen molar-refractivity contribution in [2.24, 2.45) is 0 Å². The summed E-state index contributed by atoms with van der Waals surface area (Å²) in [6, 6.07) is 9.62. The van der Waals surface area contributed by atoms with Crippen LogP contribution in [0.4, 0.5) is 0 Å². The maximum Gasteiger partial charge on any atom is 0.282 e. The van der Waals surface area contributed by atoms with Gasteiger partial charge >= 0.3 is 0 Å². The summed E-state index contributed by atoms with van der Waals surface area (Å²) in [5.74, 6) is 0.0171. The first-order valence-corrected chi connectivity index (χ1v) is 11.5. The van der Waals surface area contributed by atoms with Crippen LogP contribution in [0.3, 0.4) is 0 Å². The smallest absolute Gasteiger partial charge is 0.282 e. The van der Waals surface area contributed by atoms with E-state index in [0.717, 1.165) is 66.8 Å². The molecule has 0 radical (unpaired) electrons. The lowest BCUT2D eigenvalue weighted by atomic mass is 9.97. The number of amides is 1. The molecule has 0 bridgehead atoms. The molecule has 0 atom stereocenters. The Morgan fingerprint density at radius 1 is 1.03 bits per heavy atom. The van der Waals surface area contributed by atoms with Gasteiger partial charge in [-0.2, -0.15) is 5.10 Å². The average molecular weight is 424 g/mol. The second-order valence-electron chi connectivity index (χ2n) is 8.01. The molecule has 1 aliphatic heterocycles. The first-order chi connectivity index (χ1) is 14.7. The number of fused-ring (bicyclic) bond motifs is 2. The van der Waals surface area contributed by atoms with Crippen molar-refractivity contribution in [3.05, 3.63) is 57.0 Å². The lowest BCUT2D eigenvalue weighted by Crippen LogP contribution is -2.49. The van der Waals surface area contributed by atoms with Crippen LogP contribution < -0.4 is 5.56 Å². The van der Waals surface area contributed by atoms with Gasteiger partial charge in [-0.05, 0) is 43.4 Å². The molecule has 1 aromatic carbocycles. The Bertz CT molecular complexity index is 1100. The van der Waals surface area contributed by atoms with Gasteiger partial charge in [-0.15, -0.1) is 11.3 Å². The molecule has 1 aliphatic carbocycles. The summed E-state index contributed by atoms with van der Waals surface area (Å²) in [6.45, 7) is 4.34. The molecule has 0 saturated carbocycles. The quantitative estimate of drug-likeness (QED) is 0.643. The standard InChI is InChI=1S/C22H25N5O2S/c28-20-15-16-5-1-2-6-17(16)24-27(20)14-11-25-9-12-26(13-10-25)22(29)21-23-18-7-3-4-8-19(18)30-21/h3-4,7-8,15H,1-2,5-6,9-14H2. The van der Waals surface area contributed by atoms with Gasteiger partial charge in [0.15, 0.2) is 5.01 Å². The van der Waals surface area contributed by atoms with Crippen molar-refractivity contribution in [3.63, 3.8) is 0 Å². The van der Waals surface area contributed by atoms with Crippen LogP contribution in [0.1, 0.15) is 33.9 Å². The Balaban J connectivity index is 1.17. The van der Waals surface area contributed by atoms with E-state index in [2.05, 4.69) is 15.0 Å². The molecule has 0 spiro atoms. The summed E-state index contributed by atoms with van der Waals surface area (Å²) < 4.78 is 2.66. The topological polar surface area (TPSA) is 71.3 Å². The van der Waals surface area contributed by atoms with Gasteiger partial charge in [0.1, 0.15) is 0 Å². The van der Waals surface area contributed by atoms with Crippen LogP contribution in [0, 0.1) is 0 Å². The van der Waals surface area contributed by atoms with Crippen LogP contribution in [0.5, 0.6) is 0 Å². The first kappa shape index (κ1) is 19.4. The SMILES string of the molecule is O=C(c1nc2ccccc2s1)N1CCN(CCn2nc3c(cc2=O)CCCC3)CC1. The monoisotopic (exact) mass is 423 g/mol. The highest BCUT2D eigenvalue weighted by Gasteiger charge is 2.24. The Kier molecular flexibility index (Phi) is 5.35. The zero-order chi connectivity index (χ0) is 20.5. The van der Waals surface area contributed by atoms with Crippen LogP contribution in [0.25, 0.3) is 10.2 Å². The van der Waals surface area contributed by atoms with Gasteiger partial charge in [0.05, 0.1) is 22.5 Å². The van der Waals surface area contributed by atoms with E-state index in [-0.39, 0.29) is 11.5 Å². The third kappa shape index (κ3) is 3.89. The van der Waals surface area contributed by atoms with Crippen LogP contribution in [0.2, 0.25) is 0 Å². The number of nitrogens with zero attached hydrogens (tertiary/aromatic N) is 5. The highest BCUT2D eigenvalue weighted by molar-refractivity contribution is 7.20. The maximum atomic E-state index is 12.8. The number of hydrogen-bond acceptors (Lipinski definition) is 6. The summed E-state index contributed by atoms with van der Waals surface area (Å²) in [5, 5.41) is 5.17.